The Morgan fingerprint density at radius 1 is 1.00 bits per heavy atom. The highest BCUT2D eigenvalue weighted by Crippen LogP contribution is 2.34. The second kappa shape index (κ2) is 8.42. The van der Waals surface area contributed by atoms with Crippen molar-refractivity contribution in [2.45, 2.75) is 32.1 Å². The summed E-state index contributed by atoms with van der Waals surface area (Å²) in [7, 11) is -3.54. The number of aromatic nitrogens is 2. The molecule has 1 fully saturated rings. The summed E-state index contributed by atoms with van der Waals surface area (Å²) >= 11 is 0. The van der Waals surface area contributed by atoms with Crippen LogP contribution in [0.3, 0.4) is 0 Å². The van der Waals surface area contributed by atoms with Crippen molar-refractivity contribution < 1.29 is 8.42 Å². The second-order valence-electron chi connectivity index (χ2n) is 8.73. The normalized spacial score (nSPS) is 15.2. The maximum absolute atomic E-state index is 13.2. The topological polar surface area (TPSA) is 81.7 Å². The van der Waals surface area contributed by atoms with Crippen LogP contribution in [0.25, 0.3) is 16.7 Å². The summed E-state index contributed by atoms with van der Waals surface area (Å²) in [5.74, 6) is 1.01. The van der Waals surface area contributed by atoms with Crippen LogP contribution in [0.5, 0.6) is 0 Å². The fraction of sp³-hybridized carbons (Fsp3) is 0.308. The van der Waals surface area contributed by atoms with Crippen molar-refractivity contribution in [3.8, 4) is 6.07 Å². The average molecular weight is 474 g/mol. The number of rotatable bonds is 4. The van der Waals surface area contributed by atoms with Gasteiger partial charge in [-0.1, -0.05) is 36.8 Å². The Morgan fingerprint density at radius 2 is 1.68 bits per heavy atom. The molecule has 4 aromatic rings. The molecule has 5 rings (SSSR count). The van der Waals surface area contributed by atoms with Gasteiger partial charge < -0.3 is 4.90 Å². The highest BCUT2D eigenvalue weighted by Gasteiger charge is 2.31. The van der Waals surface area contributed by atoms with Crippen molar-refractivity contribution in [3.05, 3.63) is 70.8 Å². The van der Waals surface area contributed by atoms with Gasteiger partial charge in [-0.15, -0.1) is 0 Å². The highest BCUT2D eigenvalue weighted by molar-refractivity contribution is 7.89. The zero-order valence-electron chi connectivity index (χ0n) is 19.6. The van der Waals surface area contributed by atoms with Gasteiger partial charge in [-0.2, -0.15) is 9.57 Å². The minimum absolute atomic E-state index is 0.331. The molecular weight excluding hydrogens is 446 g/mol. The molecule has 0 amide bonds. The third-order valence-electron chi connectivity index (χ3n) is 6.76. The van der Waals surface area contributed by atoms with Crippen molar-refractivity contribution in [1.29, 1.82) is 5.26 Å². The number of hydrogen-bond acceptors (Lipinski definition) is 5. The van der Waals surface area contributed by atoms with Crippen molar-refractivity contribution in [2.75, 3.05) is 31.1 Å². The van der Waals surface area contributed by atoms with Gasteiger partial charge in [-0.05, 0) is 55.7 Å². The number of nitriles is 1. The van der Waals surface area contributed by atoms with Gasteiger partial charge in [-0.25, -0.2) is 13.4 Å². The number of anilines is 1. The van der Waals surface area contributed by atoms with E-state index < -0.39 is 10.0 Å². The van der Waals surface area contributed by atoms with Crippen LogP contribution in [0.1, 0.15) is 29.2 Å². The van der Waals surface area contributed by atoms with Crippen LogP contribution >= 0.6 is 0 Å². The molecule has 1 aliphatic heterocycles. The molecule has 0 unspecified atom stereocenters. The van der Waals surface area contributed by atoms with Crippen LogP contribution < -0.4 is 4.90 Å². The van der Waals surface area contributed by atoms with Gasteiger partial charge in [0, 0.05) is 26.2 Å². The van der Waals surface area contributed by atoms with Crippen LogP contribution in [-0.2, 0) is 16.4 Å². The third kappa shape index (κ3) is 3.44. The summed E-state index contributed by atoms with van der Waals surface area (Å²) < 4.78 is 30.1. The Labute approximate surface area is 199 Å². The Kier molecular flexibility index (Phi) is 5.54. The number of hydrogen-bond donors (Lipinski definition) is 0. The van der Waals surface area contributed by atoms with E-state index in [9.17, 15) is 13.7 Å². The molecule has 1 saturated heterocycles. The molecule has 0 N–H and O–H groups in total. The van der Waals surface area contributed by atoms with Crippen LogP contribution in [0, 0.1) is 25.2 Å². The number of nitrogens with zero attached hydrogens (tertiary/aromatic N) is 5. The summed E-state index contributed by atoms with van der Waals surface area (Å²) in [5, 5.41) is 9.92. The van der Waals surface area contributed by atoms with Gasteiger partial charge in [0.25, 0.3) is 0 Å². The largest absolute Gasteiger partial charge is 0.355 e. The van der Waals surface area contributed by atoms with Gasteiger partial charge in [0.1, 0.15) is 11.9 Å². The fourth-order valence-electron chi connectivity index (χ4n) is 4.92. The first kappa shape index (κ1) is 22.4. The highest BCUT2D eigenvalue weighted by atomic mass is 32.2. The van der Waals surface area contributed by atoms with Gasteiger partial charge >= 0.3 is 0 Å². The number of benzene rings is 2. The first-order valence-electron chi connectivity index (χ1n) is 11.5. The Hall–Kier alpha value is -3.41. The van der Waals surface area contributed by atoms with Gasteiger partial charge in [0.15, 0.2) is 5.65 Å². The van der Waals surface area contributed by atoms with E-state index in [1.165, 1.54) is 0 Å². The number of para-hydroxylation sites is 2. The minimum atomic E-state index is -3.54. The lowest BCUT2D eigenvalue weighted by Gasteiger charge is -2.37. The number of fused-ring (bicyclic) bond motifs is 3. The molecule has 0 bridgehead atoms. The molecule has 174 valence electrons. The number of sulfonamides is 1. The van der Waals surface area contributed by atoms with E-state index in [1.54, 1.807) is 16.4 Å². The predicted octanol–water partition coefficient (Wildman–Crippen LogP) is 4.05. The fourth-order valence-corrected chi connectivity index (χ4v) is 6.34. The number of imidazole rings is 1. The quantitative estimate of drug-likeness (QED) is 0.447. The summed E-state index contributed by atoms with van der Waals surface area (Å²) in [6.07, 6.45) is 0.764. The second-order valence-corrected chi connectivity index (χ2v) is 10.7. The molecule has 0 aliphatic carbocycles. The van der Waals surface area contributed by atoms with Crippen molar-refractivity contribution in [2.24, 2.45) is 0 Å². The van der Waals surface area contributed by atoms with Crippen LogP contribution in [0.15, 0.2) is 53.4 Å². The van der Waals surface area contributed by atoms with Gasteiger partial charge in [0.05, 0.1) is 21.5 Å². The van der Waals surface area contributed by atoms with Gasteiger partial charge in [0.2, 0.25) is 10.0 Å². The molecule has 0 spiro atoms. The monoisotopic (exact) mass is 473 g/mol. The molecule has 1 aliphatic rings. The van der Waals surface area contributed by atoms with Crippen molar-refractivity contribution >= 4 is 32.5 Å². The lowest BCUT2D eigenvalue weighted by molar-refractivity contribution is 0.383. The molecule has 2 aromatic carbocycles. The number of pyridine rings is 1. The maximum Gasteiger partial charge on any atom is 0.243 e. The molecule has 0 radical (unpaired) electrons. The van der Waals surface area contributed by atoms with E-state index >= 15 is 0 Å². The van der Waals surface area contributed by atoms with E-state index in [1.807, 2.05) is 50.2 Å². The van der Waals surface area contributed by atoms with Crippen LogP contribution in [-0.4, -0.2) is 48.3 Å². The number of piperazine rings is 1. The van der Waals surface area contributed by atoms with Crippen LogP contribution in [0.4, 0.5) is 5.82 Å². The minimum Gasteiger partial charge on any atom is -0.355 e. The first-order valence-corrected chi connectivity index (χ1v) is 12.9. The number of aryl methyl sites for hydroxylation is 1. The Bertz CT molecular complexity index is 1540. The third-order valence-corrected chi connectivity index (χ3v) is 8.67. The standard InChI is InChI=1S/C26H27N5O2S/c1-4-21-19(3)22(17-27)25-28-23-7-5-6-8-24(23)31(25)26(21)29-13-15-30(16-14-29)34(32,33)20-11-9-18(2)10-12-20/h5-12H,4,13-16H2,1-3H3. The molecule has 2 aromatic heterocycles. The molecule has 3 heterocycles. The van der Waals surface area contributed by atoms with E-state index in [0.29, 0.717) is 42.3 Å². The summed E-state index contributed by atoms with van der Waals surface area (Å²) in [6.45, 7) is 7.93. The van der Waals surface area contributed by atoms with Crippen LogP contribution in [0.2, 0.25) is 0 Å². The van der Waals surface area contributed by atoms with Crippen molar-refractivity contribution in [1.82, 2.24) is 13.7 Å². The zero-order chi connectivity index (χ0) is 24.0. The van der Waals surface area contributed by atoms with E-state index in [4.69, 9.17) is 4.98 Å². The predicted molar refractivity (Wildman–Crippen MR) is 134 cm³/mol. The lowest BCUT2D eigenvalue weighted by atomic mass is 10.0. The smallest absolute Gasteiger partial charge is 0.243 e. The molecule has 34 heavy (non-hydrogen) atoms. The lowest BCUT2D eigenvalue weighted by Crippen LogP contribution is -2.49. The average Bonchev–Trinajstić information content (AvgIpc) is 3.22. The molecule has 0 atom stereocenters. The summed E-state index contributed by atoms with van der Waals surface area (Å²) in [4.78, 5) is 7.36. The molecule has 7 nitrogen and oxygen atoms in total. The molecular formula is C26H27N5O2S. The van der Waals surface area contributed by atoms with E-state index in [-0.39, 0.29) is 0 Å². The SMILES string of the molecule is CCc1c(C)c(C#N)c2nc3ccccc3n2c1N1CCN(S(=O)(=O)c2ccc(C)cc2)CC1. The first-order chi connectivity index (χ1) is 16.4. The summed E-state index contributed by atoms with van der Waals surface area (Å²) in [5.41, 5.74) is 6.12. The molecule has 0 saturated carbocycles. The van der Waals surface area contributed by atoms with Gasteiger partial charge in [-0.3, -0.25) is 4.40 Å². The zero-order valence-corrected chi connectivity index (χ0v) is 20.4. The maximum atomic E-state index is 13.2. The molecule has 8 heteroatoms. The Balaban J connectivity index is 1.57. The van der Waals surface area contributed by atoms with Crippen molar-refractivity contribution in [3.63, 3.8) is 0 Å². The van der Waals surface area contributed by atoms with E-state index in [0.717, 1.165) is 40.0 Å². The summed E-state index contributed by atoms with van der Waals surface area (Å²) in [6, 6.07) is 17.3. The van der Waals surface area contributed by atoms with E-state index in [2.05, 4.69) is 22.3 Å². The Morgan fingerprint density at radius 3 is 2.32 bits per heavy atom.